The number of ether oxygens (including phenoxy) is 2. The molecule has 0 fully saturated rings. The van der Waals surface area contributed by atoms with Gasteiger partial charge in [-0.3, -0.25) is 0 Å². The van der Waals surface area contributed by atoms with E-state index in [1.54, 1.807) is 14.2 Å². The summed E-state index contributed by atoms with van der Waals surface area (Å²) >= 11 is 0. The van der Waals surface area contributed by atoms with Gasteiger partial charge in [0.05, 0.1) is 14.2 Å². The lowest BCUT2D eigenvalue weighted by Gasteiger charge is -2.30. The average molecular weight is 265 g/mol. The van der Waals surface area contributed by atoms with Gasteiger partial charge in [0, 0.05) is 6.04 Å². The maximum absolute atomic E-state index is 5.42. The van der Waals surface area contributed by atoms with E-state index < -0.39 is 0 Å². The van der Waals surface area contributed by atoms with Crippen LogP contribution in [0, 0.1) is 5.41 Å². The maximum atomic E-state index is 5.42. The largest absolute Gasteiger partial charge is 0.497 e. The summed E-state index contributed by atoms with van der Waals surface area (Å²) in [5.41, 5.74) is 1.45. The molecular formula is C16H27NO2. The fraction of sp³-hybridized carbons (Fsp3) is 0.625. The van der Waals surface area contributed by atoms with Crippen molar-refractivity contribution < 1.29 is 9.47 Å². The van der Waals surface area contributed by atoms with Gasteiger partial charge in [0.15, 0.2) is 0 Å². The Balaban J connectivity index is 2.80. The van der Waals surface area contributed by atoms with Crippen molar-refractivity contribution in [2.45, 2.75) is 39.7 Å². The predicted molar refractivity (Wildman–Crippen MR) is 80.2 cm³/mol. The molecule has 0 saturated carbocycles. The van der Waals surface area contributed by atoms with Crippen molar-refractivity contribution in [3.05, 3.63) is 23.8 Å². The Bertz CT molecular complexity index is 396. The van der Waals surface area contributed by atoms with Crippen molar-refractivity contribution in [2.75, 3.05) is 21.3 Å². The lowest BCUT2D eigenvalue weighted by molar-refractivity contribution is 0.267. The molecule has 1 aromatic rings. The normalized spacial score (nSPS) is 13.2. The van der Waals surface area contributed by atoms with E-state index in [-0.39, 0.29) is 5.41 Å². The van der Waals surface area contributed by atoms with Crippen molar-refractivity contribution >= 4 is 0 Å². The van der Waals surface area contributed by atoms with Gasteiger partial charge < -0.3 is 14.8 Å². The van der Waals surface area contributed by atoms with Crippen molar-refractivity contribution in [1.29, 1.82) is 0 Å². The van der Waals surface area contributed by atoms with Crippen LogP contribution in [0.5, 0.6) is 11.5 Å². The van der Waals surface area contributed by atoms with Crippen LogP contribution in [0.3, 0.4) is 0 Å². The summed E-state index contributed by atoms with van der Waals surface area (Å²) < 4.78 is 10.7. The molecule has 0 spiro atoms. The summed E-state index contributed by atoms with van der Waals surface area (Å²) in [6.07, 6.45) is 2.05. The van der Waals surface area contributed by atoms with Crippen LogP contribution >= 0.6 is 0 Å². The number of hydrogen-bond donors (Lipinski definition) is 1. The monoisotopic (exact) mass is 265 g/mol. The van der Waals surface area contributed by atoms with Gasteiger partial charge >= 0.3 is 0 Å². The fourth-order valence-corrected chi connectivity index (χ4v) is 2.39. The van der Waals surface area contributed by atoms with Gasteiger partial charge in [-0.2, -0.15) is 0 Å². The minimum Gasteiger partial charge on any atom is -0.497 e. The highest BCUT2D eigenvalue weighted by atomic mass is 16.5. The topological polar surface area (TPSA) is 30.5 Å². The summed E-state index contributed by atoms with van der Waals surface area (Å²) in [6, 6.07) is 6.44. The van der Waals surface area contributed by atoms with Crippen LogP contribution in [-0.4, -0.2) is 27.3 Å². The molecular weight excluding hydrogens is 238 g/mol. The Morgan fingerprint density at radius 3 is 2.32 bits per heavy atom. The van der Waals surface area contributed by atoms with Crippen molar-refractivity contribution in [3.8, 4) is 11.5 Å². The zero-order valence-corrected chi connectivity index (χ0v) is 13.0. The molecule has 1 unspecified atom stereocenters. The number of aryl methyl sites for hydroxylation is 1. The maximum Gasteiger partial charge on any atom is 0.122 e. The Labute approximate surface area is 117 Å². The summed E-state index contributed by atoms with van der Waals surface area (Å²) in [6.45, 7) is 6.78. The van der Waals surface area contributed by atoms with E-state index in [2.05, 4.69) is 32.2 Å². The van der Waals surface area contributed by atoms with E-state index in [1.807, 2.05) is 19.2 Å². The first-order valence-electron chi connectivity index (χ1n) is 6.80. The van der Waals surface area contributed by atoms with Gasteiger partial charge in [-0.25, -0.2) is 0 Å². The summed E-state index contributed by atoms with van der Waals surface area (Å²) in [5, 5.41) is 3.41. The zero-order valence-electron chi connectivity index (χ0n) is 13.0. The number of benzene rings is 1. The molecule has 3 nitrogen and oxygen atoms in total. The highest BCUT2D eigenvalue weighted by Gasteiger charge is 2.22. The van der Waals surface area contributed by atoms with Crippen LogP contribution in [0.15, 0.2) is 18.2 Å². The van der Waals surface area contributed by atoms with E-state index in [9.17, 15) is 0 Å². The molecule has 0 radical (unpaired) electrons. The Morgan fingerprint density at radius 1 is 1.16 bits per heavy atom. The Morgan fingerprint density at radius 2 is 1.84 bits per heavy atom. The molecule has 0 aliphatic rings. The highest BCUT2D eigenvalue weighted by Crippen LogP contribution is 2.28. The Hall–Kier alpha value is -1.22. The first-order valence-corrected chi connectivity index (χ1v) is 6.80. The van der Waals surface area contributed by atoms with Crippen molar-refractivity contribution in [3.63, 3.8) is 0 Å². The van der Waals surface area contributed by atoms with Crippen LogP contribution in [0.2, 0.25) is 0 Å². The second-order valence-corrected chi connectivity index (χ2v) is 5.92. The van der Waals surface area contributed by atoms with E-state index in [4.69, 9.17) is 9.47 Å². The number of rotatable bonds is 6. The van der Waals surface area contributed by atoms with Gasteiger partial charge in [-0.1, -0.05) is 20.8 Å². The third kappa shape index (κ3) is 4.43. The van der Waals surface area contributed by atoms with Crippen LogP contribution in [0.1, 0.15) is 32.8 Å². The van der Waals surface area contributed by atoms with E-state index in [1.165, 1.54) is 5.56 Å². The average Bonchev–Trinajstić information content (AvgIpc) is 2.37. The van der Waals surface area contributed by atoms with Gasteiger partial charge in [-0.05, 0) is 49.1 Å². The number of nitrogens with one attached hydrogen (secondary N) is 1. The summed E-state index contributed by atoms with van der Waals surface area (Å²) in [4.78, 5) is 0. The first-order chi connectivity index (χ1) is 8.92. The van der Waals surface area contributed by atoms with E-state index >= 15 is 0 Å². The molecule has 19 heavy (non-hydrogen) atoms. The zero-order chi connectivity index (χ0) is 14.5. The third-order valence-corrected chi connectivity index (χ3v) is 3.58. The smallest absolute Gasteiger partial charge is 0.122 e. The molecule has 108 valence electrons. The molecule has 0 bridgehead atoms. The molecule has 0 aliphatic carbocycles. The minimum atomic E-state index is 0.251. The van der Waals surface area contributed by atoms with Gasteiger partial charge in [0.2, 0.25) is 0 Å². The third-order valence-electron chi connectivity index (χ3n) is 3.58. The van der Waals surface area contributed by atoms with E-state index in [0.717, 1.165) is 24.3 Å². The first kappa shape index (κ1) is 15.8. The van der Waals surface area contributed by atoms with Crippen molar-refractivity contribution in [1.82, 2.24) is 5.32 Å². The molecule has 1 N–H and O–H groups in total. The van der Waals surface area contributed by atoms with Crippen LogP contribution in [-0.2, 0) is 6.42 Å². The number of methoxy groups -OCH3 is 2. The SMILES string of the molecule is CNC(CCc1cc(OC)ccc1OC)C(C)(C)C. The van der Waals surface area contributed by atoms with Crippen LogP contribution in [0.4, 0.5) is 0 Å². The lowest BCUT2D eigenvalue weighted by Crippen LogP contribution is -2.38. The molecule has 0 aliphatic heterocycles. The molecule has 3 heteroatoms. The summed E-state index contributed by atoms with van der Waals surface area (Å²) in [5.74, 6) is 1.82. The molecule has 1 rings (SSSR count). The van der Waals surface area contributed by atoms with E-state index in [0.29, 0.717) is 6.04 Å². The standard InChI is InChI=1S/C16H27NO2/c1-16(2,3)15(17-4)10-7-12-11-13(18-5)8-9-14(12)19-6/h8-9,11,15,17H,7,10H2,1-6H3. The lowest BCUT2D eigenvalue weighted by atomic mass is 9.83. The second-order valence-electron chi connectivity index (χ2n) is 5.92. The quantitative estimate of drug-likeness (QED) is 0.856. The molecule has 0 heterocycles. The van der Waals surface area contributed by atoms with Gasteiger partial charge in [-0.15, -0.1) is 0 Å². The molecule has 0 saturated heterocycles. The highest BCUT2D eigenvalue weighted by molar-refractivity contribution is 5.40. The van der Waals surface area contributed by atoms with Crippen LogP contribution in [0.25, 0.3) is 0 Å². The number of hydrogen-bond acceptors (Lipinski definition) is 3. The minimum absolute atomic E-state index is 0.251. The molecule has 1 aromatic carbocycles. The van der Waals surface area contributed by atoms with Gasteiger partial charge in [0.1, 0.15) is 11.5 Å². The van der Waals surface area contributed by atoms with Gasteiger partial charge in [0.25, 0.3) is 0 Å². The molecule has 1 atom stereocenters. The Kier molecular flexibility index (Phi) is 5.67. The predicted octanol–water partition coefficient (Wildman–Crippen LogP) is 3.27. The second kappa shape index (κ2) is 6.80. The summed E-state index contributed by atoms with van der Waals surface area (Å²) in [7, 11) is 5.43. The molecule has 0 aromatic heterocycles. The fourth-order valence-electron chi connectivity index (χ4n) is 2.39. The molecule has 0 amide bonds. The van der Waals surface area contributed by atoms with Crippen molar-refractivity contribution in [2.24, 2.45) is 5.41 Å². The van der Waals surface area contributed by atoms with Crippen LogP contribution < -0.4 is 14.8 Å².